The average Bonchev–Trinajstić information content (AvgIpc) is 2.04. The van der Waals surface area contributed by atoms with Crippen molar-refractivity contribution in [1.29, 1.82) is 0 Å². The fraction of sp³-hybridized carbons (Fsp3) is 0.500. The first-order valence-corrected chi connectivity index (χ1v) is 5.05. The lowest BCUT2D eigenvalue weighted by Gasteiger charge is -1.98. The summed E-state index contributed by atoms with van der Waals surface area (Å²) < 4.78 is 25.8. The van der Waals surface area contributed by atoms with Gasteiger partial charge in [-0.05, 0) is 12.8 Å². The summed E-state index contributed by atoms with van der Waals surface area (Å²) in [4.78, 5) is 0. The Hall–Kier alpha value is -0.790. The van der Waals surface area contributed by atoms with Crippen LogP contribution in [-0.4, -0.2) is 15.0 Å². The smallest absolute Gasteiger partial charge is 0.267 e. The highest BCUT2D eigenvalue weighted by molar-refractivity contribution is 7.89. The van der Waals surface area contributed by atoms with Crippen molar-refractivity contribution in [3.63, 3.8) is 0 Å². The van der Waals surface area contributed by atoms with Gasteiger partial charge in [0.05, 0.1) is 12.0 Å². The third kappa shape index (κ3) is 5.96. The summed E-state index contributed by atoms with van der Waals surface area (Å²) >= 11 is 0. The fourth-order valence-corrected chi connectivity index (χ4v) is 0.999. The highest BCUT2D eigenvalue weighted by Crippen LogP contribution is 1.99. The Morgan fingerprint density at radius 3 is 2.67 bits per heavy atom. The van der Waals surface area contributed by atoms with Crippen molar-refractivity contribution in [2.24, 2.45) is 0 Å². The maximum Gasteiger partial charge on any atom is 0.289 e. The van der Waals surface area contributed by atoms with E-state index in [9.17, 15) is 8.42 Å². The van der Waals surface area contributed by atoms with Crippen LogP contribution in [0.1, 0.15) is 19.3 Å². The van der Waals surface area contributed by atoms with Crippen LogP contribution in [0.4, 0.5) is 0 Å². The zero-order valence-electron chi connectivity index (χ0n) is 6.82. The van der Waals surface area contributed by atoms with E-state index in [1.165, 1.54) is 0 Å². The van der Waals surface area contributed by atoms with E-state index in [-0.39, 0.29) is 6.61 Å². The van der Waals surface area contributed by atoms with E-state index in [2.05, 4.69) is 16.7 Å². The molecular weight excluding hydrogens is 176 g/mol. The molecule has 0 N–H and O–H groups in total. The minimum Gasteiger partial charge on any atom is -0.267 e. The van der Waals surface area contributed by atoms with Crippen molar-refractivity contribution in [1.82, 2.24) is 0 Å². The third-order valence-corrected chi connectivity index (χ3v) is 2.07. The lowest BCUT2D eigenvalue weighted by molar-refractivity contribution is 0.315. The summed E-state index contributed by atoms with van der Waals surface area (Å²) in [7, 11) is -3.49. The van der Waals surface area contributed by atoms with Gasteiger partial charge in [0.25, 0.3) is 10.1 Å². The van der Waals surface area contributed by atoms with Gasteiger partial charge in [0.1, 0.15) is 0 Å². The molecule has 0 heterocycles. The molecule has 0 amide bonds. The second kappa shape index (κ2) is 5.81. The predicted octanol–water partition coefficient (Wildman–Crippen LogP) is 1.28. The van der Waals surface area contributed by atoms with Crippen molar-refractivity contribution in [2.75, 3.05) is 6.61 Å². The molecule has 0 aromatic carbocycles. The molecule has 68 valence electrons. The molecule has 0 aromatic heterocycles. The molecule has 0 unspecified atom stereocenters. The van der Waals surface area contributed by atoms with E-state index < -0.39 is 10.1 Å². The van der Waals surface area contributed by atoms with Crippen molar-refractivity contribution in [3.05, 3.63) is 12.0 Å². The van der Waals surface area contributed by atoms with Crippen LogP contribution in [-0.2, 0) is 14.3 Å². The average molecular weight is 188 g/mol. The van der Waals surface area contributed by atoms with Gasteiger partial charge in [-0.2, -0.15) is 8.42 Å². The van der Waals surface area contributed by atoms with Gasteiger partial charge in [-0.1, -0.05) is 6.58 Å². The van der Waals surface area contributed by atoms with Crippen LogP contribution in [0.25, 0.3) is 0 Å². The second-order valence-electron chi connectivity index (χ2n) is 2.14. The minimum atomic E-state index is -3.49. The number of unbranched alkanes of at least 4 members (excludes halogenated alkanes) is 2. The van der Waals surface area contributed by atoms with Gasteiger partial charge in [-0.3, -0.25) is 4.18 Å². The highest BCUT2D eigenvalue weighted by atomic mass is 32.2. The Bertz CT molecular complexity index is 259. The van der Waals surface area contributed by atoms with Gasteiger partial charge in [0.2, 0.25) is 0 Å². The van der Waals surface area contributed by atoms with Gasteiger partial charge in [-0.25, -0.2) is 0 Å². The molecule has 0 aliphatic heterocycles. The third-order valence-electron chi connectivity index (χ3n) is 1.17. The summed E-state index contributed by atoms with van der Waals surface area (Å²) in [5.41, 5.74) is 0. The van der Waals surface area contributed by atoms with Crippen LogP contribution in [0.3, 0.4) is 0 Å². The molecule has 0 aliphatic carbocycles. The molecule has 0 rings (SSSR count). The lowest BCUT2D eigenvalue weighted by atomic mass is 10.2. The van der Waals surface area contributed by atoms with Gasteiger partial charge in [0.15, 0.2) is 0 Å². The molecular formula is C8H12O3S. The molecule has 0 aliphatic rings. The molecule has 0 saturated carbocycles. The normalized spacial score (nSPS) is 10.6. The van der Waals surface area contributed by atoms with Crippen LogP contribution in [0, 0.1) is 12.3 Å². The summed E-state index contributed by atoms with van der Waals surface area (Å²) in [6, 6.07) is 0. The van der Waals surface area contributed by atoms with E-state index in [1.807, 2.05) is 0 Å². The van der Waals surface area contributed by atoms with E-state index >= 15 is 0 Å². The second-order valence-corrected chi connectivity index (χ2v) is 3.70. The van der Waals surface area contributed by atoms with Crippen molar-refractivity contribution in [2.45, 2.75) is 19.3 Å². The Labute approximate surface area is 73.6 Å². The van der Waals surface area contributed by atoms with Gasteiger partial charge < -0.3 is 0 Å². The van der Waals surface area contributed by atoms with Crippen molar-refractivity contribution in [3.8, 4) is 12.3 Å². The van der Waals surface area contributed by atoms with E-state index in [4.69, 9.17) is 6.42 Å². The molecule has 12 heavy (non-hydrogen) atoms. The Balaban J connectivity index is 3.46. The number of rotatable bonds is 6. The first-order chi connectivity index (χ1) is 5.62. The van der Waals surface area contributed by atoms with Crippen LogP contribution < -0.4 is 0 Å². The number of hydrogen-bond donors (Lipinski definition) is 0. The molecule has 0 spiro atoms. The molecule has 0 atom stereocenters. The molecule has 4 heteroatoms. The van der Waals surface area contributed by atoms with Crippen molar-refractivity contribution < 1.29 is 12.6 Å². The molecule has 3 nitrogen and oxygen atoms in total. The first-order valence-electron chi connectivity index (χ1n) is 3.57. The van der Waals surface area contributed by atoms with Crippen LogP contribution in [0.15, 0.2) is 12.0 Å². The van der Waals surface area contributed by atoms with Crippen LogP contribution in [0.2, 0.25) is 0 Å². The van der Waals surface area contributed by atoms with Gasteiger partial charge >= 0.3 is 0 Å². The maximum absolute atomic E-state index is 10.7. The number of hydrogen-bond acceptors (Lipinski definition) is 3. The standard InChI is InChI=1S/C8H12O3S/c1-3-5-6-7-8-11-12(9,10)4-2/h1,4H,2,5-8H2. The quantitative estimate of drug-likeness (QED) is 0.358. The first kappa shape index (κ1) is 11.2. The summed E-state index contributed by atoms with van der Waals surface area (Å²) in [6.07, 6.45) is 7.08. The summed E-state index contributed by atoms with van der Waals surface area (Å²) in [5, 5.41) is 0.786. The SMILES string of the molecule is C#CCCCCOS(=O)(=O)C=C. The number of terminal acetylenes is 1. The molecule has 0 saturated heterocycles. The molecule has 0 radical (unpaired) electrons. The summed E-state index contributed by atoms with van der Waals surface area (Å²) in [6.45, 7) is 3.28. The van der Waals surface area contributed by atoms with E-state index in [0.29, 0.717) is 12.8 Å². The van der Waals surface area contributed by atoms with Gasteiger partial charge in [0, 0.05) is 6.42 Å². The monoisotopic (exact) mass is 188 g/mol. The Morgan fingerprint density at radius 2 is 2.17 bits per heavy atom. The van der Waals surface area contributed by atoms with Crippen LogP contribution >= 0.6 is 0 Å². The Morgan fingerprint density at radius 1 is 1.50 bits per heavy atom. The largest absolute Gasteiger partial charge is 0.289 e. The van der Waals surface area contributed by atoms with Gasteiger partial charge in [-0.15, -0.1) is 12.3 Å². The minimum absolute atomic E-state index is 0.177. The Kier molecular flexibility index (Phi) is 5.43. The molecule has 0 fully saturated rings. The van der Waals surface area contributed by atoms with E-state index in [0.717, 1.165) is 11.8 Å². The zero-order chi connectivity index (χ0) is 9.45. The fourth-order valence-electron chi connectivity index (χ4n) is 0.552. The molecule has 0 bridgehead atoms. The topological polar surface area (TPSA) is 43.4 Å². The zero-order valence-corrected chi connectivity index (χ0v) is 7.64. The predicted molar refractivity (Wildman–Crippen MR) is 47.8 cm³/mol. The summed E-state index contributed by atoms with van der Waals surface area (Å²) in [5.74, 6) is 2.45. The van der Waals surface area contributed by atoms with Crippen molar-refractivity contribution >= 4 is 10.1 Å². The van der Waals surface area contributed by atoms with Crippen LogP contribution in [0.5, 0.6) is 0 Å². The molecule has 0 aromatic rings. The highest BCUT2D eigenvalue weighted by Gasteiger charge is 2.02. The maximum atomic E-state index is 10.7. The van der Waals surface area contributed by atoms with E-state index in [1.54, 1.807) is 0 Å². The lowest BCUT2D eigenvalue weighted by Crippen LogP contribution is -2.02.